The molecule has 246 valence electrons. The molecule has 0 bridgehead atoms. The fourth-order valence-electron chi connectivity index (χ4n) is 3.50. The molecule has 0 unspecified atom stereocenters. The third kappa shape index (κ3) is 14.7. The minimum absolute atomic E-state index is 0.00133. The highest BCUT2D eigenvalue weighted by Crippen LogP contribution is 2.17. The summed E-state index contributed by atoms with van der Waals surface area (Å²) < 4.78 is 20.3. The summed E-state index contributed by atoms with van der Waals surface area (Å²) in [4.78, 5) is 74.5. The maximum atomic E-state index is 13.2. The molecule has 4 amide bonds. The van der Waals surface area contributed by atoms with Crippen LogP contribution in [-0.4, -0.2) is 78.9 Å². The molecule has 0 saturated carbocycles. The number of nitrogens with one attached hydrogen (secondary N) is 4. The van der Waals surface area contributed by atoms with Crippen molar-refractivity contribution in [1.82, 2.24) is 21.3 Å². The minimum Gasteiger partial charge on any atom is -0.467 e. The Kier molecular flexibility index (Phi) is 14.1. The van der Waals surface area contributed by atoms with Crippen LogP contribution in [0.4, 0.5) is 9.59 Å². The van der Waals surface area contributed by atoms with Gasteiger partial charge >= 0.3 is 18.2 Å². The SMILES string of the molecule is COC(=O)[C@@H](NC(=O)CNC(=O)[C@H](C)NC(=O)[C@@H](Cc1ccc(OC(=O)OC(C)(C)C)cc1)NC(=O)OC(C)(C)C)C(C)C. The van der Waals surface area contributed by atoms with Gasteiger partial charge in [0.25, 0.3) is 0 Å². The third-order valence-electron chi connectivity index (χ3n) is 5.57. The Hall–Kier alpha value is -4.36. The van der Waals surface area contributed by atoms with Gasteiger partial charge < -0.3 is 40.2 Å². The molecular weight excluding hydrogens is 576 g/mol. The van der Waals surface area contributed by atoms with E-state index in [1.54, 1.807) is 67.5 Å². The molecular formula is C30H46N4O10. The Morgan fingerprint density at radius 3 is 1.84 bits per heavy atom. The number of amides is 4. The van der Waals surface area contributed by atoms with E-state index in [-0.39, 0.29) is 18.1 Å². The number of methoxy groups -OCH3 is 1. The number of hydrogen-bond donors (Lipinski definition) is 4. The van der Waals surface area contributed by atoms with Crippen LogP contribution in [0.5, 0.6) is 5.75 Å². The standard InChI is InChI=1S/C30H46N4O10/c1-17(2)23(26(38)41-10)34-22(35)16-31-24(36)18(3)32-25(37)21(33-27(39)43-29(4,5)6)15-19-11-13-20(14-12-19)42-28(40)44-30(7,8)9/h11-14,17-18,21,23H,15-16H2,1-10H3,(H,31,36)(H,32,37)(H,33,39)(H,34,35)/t18-,21+,23-/m0/s1. The first-order valence-corrected chi connectivity index (χ1v) is 14.1. The average molecular weight is 623 g/mol. The fourth-order valence-corrected chi connectivity index (χ4v) is 3.50. The second-order valence-electron chi connectivity index (χ2n) is 12.4. The van der Waals surface area contributed by atoms with Crippen molar-refractivity contribution in [2.24, 2.45) is 5.92 Å². The van der Waals surface area contributed by atoms with E-state index in [1.807, 2.05) is 0 Å². The first kappa shape index (κ1) is 37.7. The first-order chi connectivity index (χ1) is 20.2. The number of carbonyl (C=O) groups is 6. The van der Waals surface area contributed by atoms with Gasteiger partial charge in [0.15, 0.2) is 0 Å². The van der Waals surface area contributed by atoms with Gasteiger partial charge in [-0.05, 0) is 72.1 Å². The van der Waals surface area contributed by atoms with Crippen LogP contribution >= 0.6 is 0 Å². The van der Waals surface area contributed by atoms with E-state index in [1.165, 1.54) is 26.2 Å². The van der Waals surface area contributed by atoms with Crippen molar-refractivity contribution in [2.45, 2.75) is 98.1 Å². The molecule has 0 aromatic heterocycles. The van der Waals surface area contributed by atoms with Gasteiger partial charge in [0.05, 0.1) is 13.7 Å². The molecule has 1 aromatic carbocycles. The molecule has 0 fully saturated rings. The predicted octanol–water partition coefficient (Wildman–Crippen LogP) is 2.37. The van der Waals surface area contributed by atoms with Crippen molar-refractivity contribution in [2.75, 3.05) is 13.7 Å². The van der Waals surface area contributed by atoms with E-state index >= 15 is 0 Å². The molecule has 1 aromatic rings. The quantitative estimate of drug-likeness (QED) is 0.153. The maximum Gasteiger partial charge on any atom is 0.514 e. The van der Waals surface area contributed by atoms with Crippen LogP contribution in [-0.2, 0) is 39.8 Å². The normalized spacial score (nSPS) is 13.4. The van der Waals surface area contributed by atoms with Crippen LogP contribution in [0.3, 0.4) is 0 Å². The lowest BCUT2D eigenvalue weighted by molar-refractivity contribution is -0.146. The van der Waals surface area contributed by atoms with Crippen molar-refractivity contribution in [3.05, 3.63) is 29.8 Å². The van der Waals surface area contributed by atoms with Crippen molar-refractivity contribution in [3.8, 4) is 5.75 Å². The van der Waals surface area contributed by atoms with E-state index < -0.39 is 71.8 Å². The Morgan fingerprint density at radius 2 is 1.34 bits per heavy atom. The van der Waals surface area contributed by atoms with Gasteiger partial charge in [0.1, 0.15) is 35.1 Å². The number of alkyl carbamates (subject to hydrolysis) is 1. The lowest BCUT2D eigenvalue weighted by atomic mass is 10.0. The van der Waals surface area contributed by atoms with E-state index in [0.717, 1.165) is 0 Å². The Balaban J connectivity index is 2.91. The Morgan fingerprint density at radius 1 is 0.773 bits per heavy atom. The van der Waals surface area contributed by atoms with Gasteiger partial charge in [-0.2, -0.15) is 0 Å². The van der Waals surface area contributed by atoms with Gasteiger partial charge in [-0.15, -0.1) is 0 Å². The summed E-state index contributed by atoms with van der Waals surface area (Å²) in [5.41, 5.74) is -0.967. The Labute approximate surface area is 258 Å². The molecule has 14 heteroatoms. The molecule has 44 heavy (non-hydrogen) atoms. The summed E-state index contributed by atoms with van der Waals surface area (Å²) in [7, 11) is 1.21. The zero-order valence-corrected chi connectivity index (χ0v) is 27.1. The number of ether oxygens (including phenoxy) is 4. The Bertz CT molecular complexity index is 1170. The fraction of sp³-hybridized carbons (Fsp3) is 0.600. The van der Waals surface area contributed by atoms with Crippen LogP contribution in [0, 0.1) is 5.92 Å². The summed E-state index contributed by atoms with van der Waals surface area (Å²) in [5, 5.41) is 9.95. The van der Waals surface area contributed by atoms with E-state index in [9.17, 15) is 28.8 Å². The summed E-state index contributed by atoms with van der Waals surface area (Å²) in [6.07, 6.45) is -1.72. The highest BCUT2D eigenvalue weighted by atomic mass is 16.7. The van der Waals surface area contributed by atoms with Crippen LogP contribution in [0.15, 0.2) is 24.3 Å². The van der Waals surface area contributed by atoms with Crippen molar-refractivity contribution in [3.63, 3.8) is 0 Å². The minimum atomic E-state index is -1.16. The van der Waals surface area contributed by atoms with E-state index in [0.29, 0.717) is 5.56 Å². The average Bonchev–Trinajstić information content (AvgIpc) is 2.88. The van der Waals surface area contributed by atoms with Crippen molar-refractivity contribution >= 4 is 35.9 Å². The molecule has 3 atom stereocenters. The molecule has 0 aliphatic heterocycles. The monoisotopic (exact) mass is 622 g/mol. The summed E-state index contributed by atoms with van der Waals surface area (Å²) in [6, 6.07) is 3.07. The van der Waals surface area contributed by atoms with Crippen LogP contribution in [0.2, 0.25) is 0 Å². The number of carbonyl (C=O) groups excluding carboxylic acids is 6. The topological polar surface area (TPSA) is 187 Å². The molecule has 0 radical (unpaired) electrons. The second kappa shape index (κ2) is 16.5. The lowest BCUT2D eigenvalue weighted by Crippen LogP contribution is -2.55. The summed E-state index contributed by atoms with van der Waals surface area (Å²) in [6.45, 7) is 14.5. The third-order valence-corrected chi connectivity index (χ3v) is 5.57. The van der Waals surface area contributed by atoms with E-state index in [2.05, 4.69) is 26.0 Å². The van der Waals surface area contributed by atoms with E-state index in [4.69, 9.17) is 14.2 Å². The molecule has 1 rings (SSSR count). The number of benzene rings is 1. The predicted molar refractivity (Wildman–Crippen MR) is 160 cm³/mol. The van der Waals surface area contributed by atoms with Gasteiger partial charge in [0.2, 0.25) is 17.7 Å². The van der Waals surface area contributed by atoms with Gasteiger partial charge in [-0.25, -0.2) is 14.4 Å². The second-order valence-corrected chi connectivity index (χ2v) is 12.4. The smallest absolute Gasteiger partial charge is 0.467 e. The largest absolute Gasteiger partial charge is 0.514 e. The van der Waals surface area contributed by atoms with Crippen LogP contribution < -0.4 is 26.0 Å². The van der Waals surface area contributed by atoms with Gasteiger partial charge in [-0.3, -0.25) is 14.4 Å². The maximum absolute atomic E-state index is 13.2. The van der Waals surface area contributed by atoms with Gasteiger partial charge in [-0.1, -0.05) is 26.0 Å². The number of rotatable bonds is 12. The highest BCUT2D eigenvalue weighted by molar-refractivity contribution is 5.93. The highest BCUT2D eigenvalue weighted by Gasteiger charge is 2.28. The summed E-state index contributed by atoms with van der Waals surface area (Å²) >= 11 is 0. The zero-order valence-electron chi connectivity index (χ0n) is 27.1. The van der Waals surface area contributed by atoms with Crippen molar-refractivity contribution < 1.29 is 47.7 Å². The van der Waals surface area contributed by atoms with Gasteiger partial charge in [0, 0.05) is 6.42 Å². The zero-order chi connectivity index (χ0) is 33.8. The van der Waals surface area contributed by atoms with Crippen molar-refractivity contribution in [1.29, 1.82) is 0 Å². The molecule has 0 aliphatic rings. The summed E-state index contributed by atoms with van der Waals surface area (Å²) in [5.74, 6) is -2.64. The first-order valence-electron chi connectivity index (χ1n) is 14.1. The lowest BCUT2D eigenvalue weighted by Gasteiger charge is -2.24. The molecule has 0 saturated heterocycles. The molecule has 0 heterocycles. The molecule has 14 nitrogen and oxygen atoms in total. The molecule has 4 N–H and O–H groups in total. The van der Waals surface area contributed by atoms with Crippen LogP contribution in [0.1, 0.15) is 67.9 Å². The molecule has 0 aliphatic carbocycles. The molecule has 0 spiro atoms. The van der Waals surface area contributed by atoms with Crippen LogP contribution in [0.25, 0.3) is 0 Å². The number of hydrogen-bond acceptors (Lipinski definition) is 10. The number of esters is 1.